The maximum atomic E-state index is 5.96. The van der Waals surface area contributed by atoms with E-state index in [4.69, 9.17) is 11.6 Å². The lowest BCUT2D eigenvalue weighted by atomic mass is 10.3. The topological polar surface area (TPSA) is 29.9 Å². The van der Waals surface area contributed by atoms with Crippen molar-refractivity contribution in [1.82, 2.24) is 9.78 Å². The lowest BCUT2D eigenvalue weighted by molar-refractivity contribution is 0.713. The molecule has 1 aromatic carbocycles. The lowest BCUT2D eigenvalue weighted by Gasteiger charge is -2.09. The van der Waals surface area contributed by atoms with Crippen molar-refractivity contribution in [2.75, 3.05) is 5.32 Å². The minimum Gasteiger partial charge on any atom is -0.378 e. The molecular formula is C12H13BrClN3. The van der Waals surface area contributed by atoms with E-state index < -0.39 is 0 Å². The van der Waals surface area contributed by atoms with Crippen LogP contribution in [0.5, 0.6) is 0 Å². The molecule has 5 heteroatoms. The molecule has 1 aromatic heterocycles. The molecular weight excluding hydrogens is 302 g/mol. The number of benzene rings is 1. The Kier molecular flexibility index (Phi) is 3.74. The predicted molar refractivity (Wildman–Crippen MR) is 74.4 cm³/mol. The van der Waals surface area contributed by atoms with Crippen LogP contribution in [0.1, 0.15) is 11.4 Å². The monoisotopic (exact) mass is 313 g/mol. The maximum absolute atomic E-state index is 5.96. The van der Waals surface area contributed by atoms with Gasteiger partial charge < -0.3 is 5.32 Å². The predicted octanol–water partition coefficient (Wildman–Crippen LogP) is 3.76. The smallest absolute Gasteiger partial charge is 0.0597 e. The highest BCUT2D eigenvalue weighted by Gasteiger charge is 2.04. The van der Waals surface area contributed by atoms with Crippen molar-refractivity contribution in [1.29, 1.82) is 0 Å². The van der Waals surface area contributed by atoms with E-state index in [1.165, 1.54) is 0 Å². The van der Waals surface area contributed by atoms with Crippen LogP contribution in [0.4, 0.5) is 5.69 Å². The van der Waals surface area contributed by atoms with Gasteiger partial charge in [0.2, 0.25) is 0 Å². The average molecular weight is 315 g/mol. The molecule has 0 atom stereocenters. The molecule has 1 N–H and O–H groups in total. The third kappa shape index (κ3) is 3.01. The largest absolute Gasteiger partial charge is 0.378 e. The number of nitrogens with one attached hydrogen (secondary N) is 1. The zero-order valence-corrected chi connectivity index (χ0v) is 12.0. The Bertz CT molecular complexity index is 537. The fraction of sp³-hybridized carbons (Fsp3) is 0.250. The molecule has 90 valence electrons. The molecule has 0 aliphatic heterocycles. The Morgan fingerprint density at radius 1 is 1.41 bits per heavy atom. The van der Waals surface area contributed by atoms with Gasteiger partial charge in [0.1, 0.15) is 0 Å². The molecule has 1 heterocycles. The van der Waals surface area contributed by atoms with Gasteiger partial charge in [0.15, 0.2) is 0 Å². The van der Waals surface area contributed by atoms with Crippen molar-refractivity contribution in [2.24, 2.45) is 7.05 Å². The van der Waals surface area contributed by atoms with Crippen molar-refractivity contribution >= 4 is 33.2 Å². The molecule has 2 aromatic rings. The van der Waals surface area contributed by atoms with E-state index in [2.05, 4.69) is 32.4 Å². The molecule has 0 aliphatic rings. The summed E-state index contributed by atoms with van der Waals surface area (Å²) < 4.78 is 2.88. The van der Waals surface area contributed by atoms with Gasteiger partial charge in [0.05, 0.1) is 23.6 Å². The van der Waals surface area contributed by atoms with Gasteiger partial charge in [-0.3, -0.25) is 4.68 Å². The maximum Gasteiger partial charge on any atom is 0.0597 e. The molecule has 0 fully saturated rings. The molecule has 3 nitrogen and oxygen atoms in total. The molecule has 0 spiro atoms. The SMILES string of the molecule is Cc1cc(CNc2cc(Cl)ccc2Br)n(C)n1. The van der Waals surface area contributed by atoms with Gasteiger partial charge in [0, 0.05) is 16.5 Å². The van der Waals surface area contributed by atoms with Gasteiger partial charge in [0.25, 0.3) is 0 Å². The first-order chi connectivity index (χ1) is 8.06. The molecule has 0 bridgehead atoms. The summed E-state index contributed by atoms with van der Waals surface area (Å²) in [5.74, 6) is 0. The average Bonchev–Trinajstić information content (AvgIpc) is 2.59. The number of hydrogen-bond donors (Lipinski definition) is 1. The van der Waals surface area contributed by atoms with Crippen LogP contribution in [0.2, 0.25) is 5.02 Å². The van der Waals surface area contributed by atoms with E-state index >= 15 is 0 Å². The van der Waals surface area contributed by atoms with Gasteiger partial charge in [-0.05, 0) is 47.1 Å². The normalized spacial score (nSPS) is 10.6. The Balaban J connectivity index is 2.12. The first-order valence-electron chi connectivity index (χ1n) is 5.24. The van der Waals surface area contributed by atoms with Gasteiger partial charge in [-0.1, -0.05) is 11.6 Å². The Hall–Kier alpha value is -1.00. The van der Waals surface area contributed by atoms with Gasteiger partial charge >= 0.3 is 0 Å². The summed E-state index contributed by atoms with van der Waals surface area (Å²) in [5, 5.41) is 8.35. The molecule has 0 radical (unpaired) electrons. The van der Waals surface area contributed by atoms with Crippen molar-refractivity contribution in [3.63, 3.8) is 0 Å². The molecule has 0 unspecified atom stereocenters. The third-order valence-corrected chi connectivity index (χ3v) is 3.41. The fourth-order valence-corrected chi connectivity index (χ4v) is 2.21. The Labute approximate surface area is 114 Å². The van der Waals surface area contributed by atoms with Crippen molar-refractivity contribution in [3.05, 3.63) is 45.1 Å². The molecule has 17 heavy (non-hydrogen) atoms. The highest BCUT2D eigenvalue weighted by atomic mass is 79.9. The number of hydrogen-bond acceptors (Lipinski definition) is 2. The number of rotatable bonds is 3. The van der Waals surface area contributed by atoms with Gasteiger partial charge in [-0.2, -0.15) is 5.10 Å². The number of anilines is 1. The van der Waals surface area contributed by atoms with E-state index in [1.807, 2.05) is 36.9 Å². The van der Waals surface area contributed by atoms with Crippen LogP contribution < -0.4 is 5.32 Å². The van der Waals surface area contributed by atoms with Crippen LogP contribution in [-0.2, 0) is 13.6 Å². The first-order valence-corrected chi connectivity index (χ1v) is 6.42. The standard InChI is InChI=1S/C12H13BrClN3/c1-8-5-10(17(2)16-8)7-15-12-6-9(14)3-4-11(12)13/h3-6,15H,7H2,1-2H3. The Morgan fingerprint density at radius 2 is 2.18 bits per heavy atom. The highest BCUT2D eigenvalue weighted by Crippen LogP contribution is 2.26. The second-order valence-electron chi connectivity index (χ2n) is 3.88. The van der Waals surface area contributed by atoms with E-state index in [0.29, 0.717) is 0 Å². The van der Waals surface area contributed by atoms with E-state index in [1.54, 1.807) is 0 Å². The summed E-state index contributed by atoms with van der Waals surface area (Å²) in [5.41, 5.74) is 3.14. The van der Waals surface area contributed by atoms with Crippen LogP contribution in [0.25, 0.3) is 0 Å². The Morgan fingerprint density at radius 3 is 2.82 bits per heavy atom. The summed E-state index contributed by atoms with van der Waals surface area (Å²) in [6, 6.07) is 7.74. The van der Waals surface area contributed by atoms with E-state index in [-0.39, 0.29) is 0 Å². The zero-order valence-electron chi connectivity index (χ0n) is 9.67. The molecule has 0 aliphatic carbocycles. The first kappa shape index (κ1) is 12.5. The fourth-order valence-electron chi connectivity index (χ4n) is 1.65. The molecule has 0 saturated heterocycles. The summed E-state index contributed by atoms with van der Waals surface area (Å²) in [7, 11) is 1.94. The molecule has 0 amide bonds. The van der Waals surface area contributed by atoms with Crippen LogP contribution in [0, 0.1) is 6.92 Å². The number of aromatic nitrogens is 2. The second kappa shape index (κ2) is 5.10. The highest BCUT2D eigenvalue weighted by molar-refractivity contribution is 9.10. The summed E-state index contributed by atoms with van der Waals surface area (Å²) in [4.78, 5) is 0. The van der Waals surface area contributed by atoms with Gasteiger partial charge in [-0.25, -0.2) is 0 Å². The van der Waals surface area contributed by atoms with Crippen LogP contribution in [0.15, 0.2) is 28.7 Å². The van der Waals surface area contributed by atoms with Crippen LogP contribution in [0.3, 0.4) is 0 Å². The zero-order chi connectivity index (χ0) is 12.4. The summed E-state index contributed by atoms with van der Waals surface area (Å²) in [6.07, 6.45) is 0. The summed E-state index contributed by atoms with van der Waals surface area (Å²) in [6.45, 7) is 2.70. The summed E-state index contributed by atoms with van der Waals surface area (Å²) >= 11 is 9.44. The number of aryl methyl sites for hydroxylation is 2. The van der Waals surface area contributed by atoms with Crippen molar-refractivity contribution in [2.45, 2.75) is 13.5 Å². The number of nitrogens with zero attached hydrogens (tertiary/aromatic N) is 2. The van der Waals surface area contributed by atoms with E-state index in [0.717, 1.165) is 33.1 Å². The second-order valence-corrected chi connectivity index (χ2v) is 5.17. The minimum absolute atomic E-state index is 0.719. The third-order valence-electron chi connectivity index (χ3n) is 2.49. The van der Waals surface area contributed by atoms with Gasteiger partial charge in [-0.15, -0.1) is 0 Å². The lowest BCUT2D eigenvalue weighted by Crippen LogP contribution is -2.05. The molecule has 0 saturated carbocycles. The van der Waals surface area contributed by atoms with Crippen LogP contribution in [-0.4, -0.2) is 9.78 Å². The quantitative estimate of drug-likeness (QED) is 0.935. The van der Waals surface area contributed by atoms with E-state index in [9.17, 15) is 0 Å². The van der Waals surface area contributed by atoms with Crippen molar-refractivity contribution < 1.29 is 0 Å². The van der Waals surface area contributed by atoms with Crippen molar-refractivity contribution in [3.8, 4) is 0 Å². The minimum atomic E-state index is 0.719. The van der Waals surface area contributed by atoms with Crippen LogP contribution >= 0.6 is 27.5 Å². The molecule has 2 rings (SSSR count). The number of halogens is 2.